The zero-order valence-corrected chi connectivity index (χ0v) is 14.9. The maximum absolute atomic E-state index is 12.9. The molecule has 3 heteroatoms. The van der Waals surface area contributed by atoms with Crippen LogP contribution in [0, 0.1) is 0 Å². The molecule has 3 aromatic carbocycles. The number of Topliss-reactive ketones (excluding diaryl/α,β-unsaturated/α-hetero) is 1. The van der Waals surface area contributed by atoms with E-state index in [1.165, 1.54) is 6.08 Å². The van der Waals surface area contributed by atoms with Gasteiger partial charge in [-0.2, -0.15) is 0 Å². The number of benzene rings is 3. The Morgan fingerprint density at radius 1 is 0.640 bits per heavy atom. The largest absolute Gasteiger partial charge is 0.289 e. The summed E-state index contributed by atoms with van der Waals surface area (Å²) in [6, 6.07) is 25.3. The molecule has 122 valence electrons. The first-order valence-corrected chi connectivity index (χ1v) is 8.61. The summed E-state index contributed by atoms with van der Waals surface area (Å²) in [7, 11) is 0. The Hall–Kier alpha value is -2.78. The van der Waals surface area contributed by atoms with Crippen LogP contribution >= 0.6 is 15.9 Å². The van der Waals surface area contributed by atoms with Gasteiger partial charge in [-0.25, -0.2) is 0 Å². The molecule has 0 unspecified atom stereocenters. The highest BCUT2D eigenvalue weighted by Gasteiger charge is 2.16. The Morgan fingerprint density at radius 2 is 1.16 bits per heavy atom. The van der Waals surface area contributed by atoms with Crippen LogP contribution in [-0.4, -0.2) is 11.6 Å². The van der Waals surface area contributed by atoms with Crippen molar-refractivity contribution in [2.75, 3.05) is 0 Å². The Morgan fingerprint density at radius 3 is 1.72 bits per heavy atom. The fourth-order valence-corrected chi connectivity index (χ4v) is 2.74. The summed E-state index contributed by atoms with van der Waals surface area (Å²) in [6.07, 6.45) is 1.42. The van der Waals surface area contributed by atoms with Crippen molar-refractivity contribution in [3.63, 3.8) is 0 Å². The van der Waals surface area contributed by atoms with Crippen molar-refractivity contribution in [2.24, 2.45) is 0 Å². The van der Waals surface area contributed by atoms with E-state index in [4.69, 9.17) is 0 Å². The zero-order valence-electron chi connectivity index (χ0n) is 13.4. The van der Waals surface area contributed by atoms with Gasteiger partial charge in [0.15, 0.2) is 11.6 Å². The topological polar surface area (TPSA) is 34.1 Å². The van der Waals surface area contributed by atoms with Crippen LogP contribution in [-0.2, 0) is 0 Å². The molecule has 0 aromatic heterocycles. The minimum absolute atomic E-state index is 0.169. The zero-order chi connectivity index (χ0) is 17.6. The molecule has 0 bridgehead atoms. The molecule has 0 N–H and O–H groups in total. The molecular formula is C22H15BrO2. The number of carbonyl (C=O) groups excluding carboxylic acids is 2. The predicted octanol–water partition coefficient (Wildman–Crippen LogP) is 5.60. The number of hydrogen-bond donors (Lipinski definition) is 0. The van der Waals surface area contributed by atoms with Crippen molar-refractivity contribution in [3.8, 4) is 0 Å². The first-order chi connectivity index (χ1) is 12.1. The lowest BCUT2D eigenvalue weighted by molar-refractivity contribution is 0.102. The highest BCUT2D eigenvalue weighted by atomic mass is 79.9. The Labute approximate surface area is 155 Å². The monoisotopic (exact) mass is 390 g/mol. The number of ketones is 2. The third-order valence-electron chi connectivity index (χ3n) is 3.77. The van der Waals surface area contributed by atoms with Crippen molar-refractivity contribution in [1.29, 1.82) is 0 Å². The molecule has 0 radical (unpaired) electrons. The van der Waals surface area contributed by atoms with Crippen molar-refractivity contribution in [1.82, 2.24) is 0 Å². The molecule has 0 fully saturated rings. The molecule has 25 heavy (non-hydrogen) atoms. The minimum atomic E-state index is -0.198. The average Bonchev–Trinajstić information content (AvgIpc) is 2.67. The highest BCUT2D eigenvalue weighted by molar-refractivity contribution is 9.10. The summed E-state index contributed by atoms with van der Waals surface area (Å²) in [5.74, 6) is -0.368. The van der Waals surface area contributed by atoms with Crippen LogP contribution in [0.15, 0.2) is 95.5 Å². The molecule has 0 aliphatic carbocycles. The van der Waals surface area contributed by atoms with Gasteiger partial charge in [-0.15, -0.1) is 0 Å². The summed E-state index contributed by atoms with van der Waals surface area (Å²) in [4.78, 5) is 25.6. The standard InChI is InChI=1S/C22H15BrO2/c23-19-13-11-17(12-14-19)21(24)15-20(16-7-3-1-4-8-16)22(25)18-9-5-2-6-10-18/h1-15H. The summed E-state index contributed by atoms with van der Waals surface area (Å²) >= 11 is 3.36. The van der Waals surface area contributed by atoms with Crippen LogP contribution in [0.1, 0.15) is 26.3 Å². The number of carbonyl (C=O) groups is 2. The second-order valence-electron chi connectivity index (χ2n) is 5.49. The van der Waals surface area contributed by atoms with Gasteiger partial charge in [0.25, 0.3) is 0 Å². The number of rotatable bonds is 5. The quantitative estimate of drug-likeness (QED) is 0.419. The first kappa shape index (κ1) is 17.1. The van der Waals surface area contributed by atoms with Crippen molar-refractivity contribution < 1.29 is 9.59 Å². The molecule has 0 saturated heterocycles. The second kappa shape index (κ2) is 7.86. The van der Waals surface area contributed by atoms with Gasteiger partial charge in [0, 0.05) is 21.2 Å². The van der Waals surface area contributed by atoms with E-state index in [-0.39, 0.29) is 11.6 Å². The molecule has 0 amide bonds. The minimum Gasteiger partial charge on any atom is -0.289 e. The van der Waals surface area contributed by atoms with Gasteiger partial charge in [0.2, 0.25) is 0 Å². The molecule has 0 heterocycles. The van der Waals surface area contributed by atoms with Crippen LogP contribution in [0.25, 0.3) is 5.57 Å². The molecule has 0 atom stereocenters. The summed E-state index contributed by atoms with van der Waals surface area (Å²) in [5.41, 5.74) is 2.21. The molecule has 0 spiro atoms. The molecule has 3 aromatic rings. The summed E-state index contributed by atoms with van der Waals surface area (Å²) in [5, 5.41) is 0. The lowest BCUT2D eigenvalue weighted by Crippen LogP contribution is -2.06. The van der Waals surface area contributed by atoms with Gasteiger partial charge >= 0.3 is 0 Å². The van der Waals surface area contributed by atoms with E-state index < -0.39 is 0 Å². The molecule has 0 saturated carbocycles. The molecule has 2 nitrogen and oxygen atoms in total. The van der Waals surface area contributed by atoms with Crippen molar-refractivity contribution in [2.45, 2.75) is 0 Å². The third kappa shape index (κ3) is 4.20. The van der Waals surface area contributed by atoms with Crippen LogP contribution < -0.4 is 0 Å². The normalized spacial score (nSPS) is 11.2. The lowest BCUT2D eigenvalue weighted by Gasteiger charge is -2.07. The SMILES string of the molecule is O=C(C=C(C(=O)c1ccccc1)c1ccccc1)c1ccc(Br)cc1. The summed E-state index contributed by atoms with van der Waals surface area (Å²) < 4.78 is 0.900. The van der Waals surface area contributed by atoms with Crippen LogP contribution in [0.4, 0.5) is 0 Å². The number of allylic oxidation sites excluding steroid dienone is 2. The van der Waals surface area contributed by atoms with E-state index in [9.17, 15) is 9.59 Å². The first-order valence-electron chi connectivity index (χ1n) is 7.82. The van der Waals surface area contributed by atoms with Gasteiger partial charge < -0.3 is 0 Å². The van der Waals surface area contributed by atoms with Gasteiger partial charge in [-0.3, -0.25) is 9.59 Å². The van der Waals surface area contributed by atoms with Gasteiger partial charge in [0.1, 0.15) is 0 Å². The fraction of sp³-hybridized carbons (Fsp3) is 0. The van der Waals surface area contributed by atoms with Gasteiger partial charge in [0.05, 0.1) is 0 Å². The molecular weight excluding hydrogens is 376 g/mol. The second-order valence-corrected chi connectivity index (χ2v) is 6.41. The molecule has 3 rings (SSSR count). The van der Waals surface area contributed by atoms with Crippen molar-refractivity contribution in [3.05, 3.63) is 112 Å². The Kier molecular flexibility index (Phi) is 5.36. The fourth-order valence-electron chi connectivity index (χ4n) is 2.47. The lowest BCUT2D eigenvalue weighted by atomic mass is 9.94. The van der Waals surface area contributed by atoms with E-state index in [1.54, 1.807) is 24.3 Å². The molecule has 0 aliphatic heterocycles. The Balaban J connectivity index is 2.03. The van der Waals surface area contributed by atoms with E-state index in [0.29, 0.717) is 16.7 Å². The highest BCUT2D eigenvalue weighted by Crippen LogP contribution is 2.21. The average molecular weight is 391 g/mol. The van der Waals surface area contributed by atoms with Crippen LogP contribution in [0.2, 0.25) is 0 Å². The molecule has 0 aliphatic rings. The van der Waals surface area contributed by atoms with E-state index in [0.717, 1.165) is 10.0 Å². The van der Waals surface area contributed by atoms with Gasteiger partial charge in [-0.05, 0) is 35.9 Å². The predicted molar refractivity (Wildman–Crippen MR) is 104 cm³/mol. The Bertz CT molecular complexity index is 911. The van der Waals surface area contributed by atoms with E-state index in [1.807, 2.05) is 60.7 Å². The van der Waals surface area contributed by atoms with Crippen molar-refractivity contribution >= 4 is 33.1 Å². The van der Waals surface area contributed by atoms with Gasteiger partial charge in [-0.1, -0.05) is 76.6 Å². The van der Waals surface area contributed by atoms with E-state index >= 15 is 0 Å². The van der Waals surface area contributed by atoms with Crippen LogP contribution in [0.5, 0.6) is 0 Å². The van der Waals surface area contributed by atoms with Crippen LogP contribution in [0.3, 0.4) is 0 Å². The number of hydrogen-bond acceptors (Lipinski definition) is 2. The maximum atomic E-state index is 12.9. The summed E-state index contributed by atoms with van der Waals surface area (Å²) in [6.45, 7) is 0. The third-order valence-corrected chi connectivity index (χ3v) is 4.30. The van der Waals surface area contributed by atoms with E-state index in [2.05, 4.69) is 15.9 Å². The maximum Gasteiger partial charge on any atom is 0.193 e. The smallest absolute Gasteiger partial charge is 0.193 e. The number of halogens is 1.